The number of phenolic OH excluding ortho intramolecular Hbond substituents is 1. The molecule has 1 aromatic carbocycles. The molecule has 1 amide bonds. The highest BCUT2D eigenvalue weighted by atomic mass is 16.3. The minimum Gasteiger partial charge on any atom is -0.508 e. The molecule has 0 heterocycles. The number of nitrogens with one attached hydrogen (secondary N) is 1. The molecule has 0 aliphatic carbocycles. The van der Waals surface area contributed by atoms with Crippen molar-refractivity contribution in [1.82, 2.24) is 5.32 Å². The van der Waals surface area contributed by atoms with Crippen LogP contribution in [0.25, 0.3) is 0 Å². The Morgan fingerprint density at radius 3 is 2.42 bits per heavy atom. The summed E-state index contributed by atoms with van der Waals surface area (Å²) >= 11 is 0. The number of phenols is 1. The van der Waals surface area contributed by atoms with Crippen LogP contribution in [0.15, 0.2) is 24.3 Å². The monoisotopic (exact) mass is 265 g/mol. The van der Waals surface area contributed by atoms with Crippen molar-refractivity contribution in [3.63, 3.8) is 0 Å². The first kappa shape index (κ1) is 15.5. The SMILES string of the molecule is CC(C)CCC(=O)N[C@H](CO)Cc1ccc(O)cc1. The molecule has 0 saturated carbocycles. The topological polar surface area (TPSA) is 69.6 Å². The van der Waals surface area contributed by atoms with Crippen LogP contribution >= 0.6 is 0 Å². The summed E-state index contributed by atoms with van der Waals surface area (Å²) in [4.78, 5) is 11.7. The van der Waals surface area contributed by atoms with Crippen LogP contribution in [0.5, 0.6) is 5.75 Å². The zero-order chi connectivity index (χ0) is 14.3. The normalized spacial score (nSPS) is 12.4. The van der Waals surface area contributed by atoms with Crippen molar-refractivity contribution in [3.05, 3.63) is 29.8 Å². The number of carbonyl (C=O) groups excluding carboxylic acids is 1. The van der Waals surface area contributed by atoms with Gasteiger partial charge in [-0.2, -0.15) is 0 Å². The van der Waals surface area contributed by atoms with Gasteiger partial charge in [0.1, 0.15) is 5.75 Å². The Balaban J connectivity index is 2.45. The van der Waals surface area contributed by atoms with Crippen molar-refractivity contribution in [2.24, 2.45) is 5.92 Å². The zero-order valence-corrected chi connectivity index (χ0v) is 11.6. The number of hydrogen-bond acceptors (Lipinski definition) is 3. The van der Waals surface area contributed by atoms with Gasteiger partial charge in [0.15, 0.2) is 0 Å². The van der Waals surface area contributed by atoms with Gasteiger partial charge in [-0.25, -0.2) is 0 Å². The minimum atomic E-state index is -0.274. The van der Waals surface area contributed by atoms with Gasteiger partial charge < -0.3 is 15.5 Å². The van der Waals surface area contributed by atoms with Gasteiger partial charge in [0.25, 0.3) is 0 Å². The fourth-order valence-electron chi connectivity index (χ4n) is 1.80. The predicted molar refractivity (Wildman–Crippen MR) is 74.9 cm³/mol. The number of aliphatic hydroxyl groups excluding tert-OH is 1. The Hall–Kier alpha value is -1.55. The van der Waals surface area contributed by atoms with Crippen molar-refractivity contribution in [3.8, 4) is 5.75 Å². The first-order chi connectivity index (χ1) is 9.01. The summed E-state index contributed by atoms with van der Waals surface area (Å²) in [6, 6.07) is 6.51. The molecule has 1 rings (SSSR count). The van der Waals surface area contributed by atoms with E-state index in [4.69, 9.17) is 0 Å². The number of carbonyl (C=O) groups is 1. The summed E-state index contributed by atoms with van der Waals surface area (Å²) < 4.78 is 0. The van der Waals surface area contributed by atoms with Gasteiger partial charge in [0, 0.05) is 6.42 Å². The summed E-state index contributed by atoms with van der Waals surface area (Å²) in [6.45, 7) is 4.06. The predicted octanol–water partition coefficient (Wildman–Crippen LogP) is 1.85. The lowest BCUT2D eigenvalue weighted by Crippen LogP contribution is -2.39. The minimum absolute atomic E-state index is 0.0217. The molecule has 0 aliphatic rings. The van der Waals surface area contributed by atoms with E-state index in [0.717, 1.165) is 12.0 Å². The highest BCUT2D eigenvalue weighted by molar-refractivity contribution is 5.76. The van der Waals surface area contributed by atoms with E-state index in [9.17, 15) is 15.0 Å². The van der Waals surface area contributed by atoms with Crippen LogP contribution in [-0.4, -0.2) is 28.8 Å². The second-order valence-corrected chi connectivity index (χ2v) is 5.25. The van der Waals surface area contributed by atoms with Crippen molar-refractivity contribution in [1.29, 1.82) is 0 Å². The third-order valence-corrected chi connectivity index (χ3v) is 2.95. The number of hydrogen-bond donors (Lipinski definition) is 3. The summed E-state index contributed by atoms with van der Waals surface area (Å²) in [5.41, 5.74) is 0.973. The van der Waals surface area contributed by atoms with E-state index < -0.39 is 0 Å². The smallest absolute Gasteiger partial charge is 0.220 e. The lowest BCUT2D eigenvalue weighted by Gasteiger charge is -2.17. The van der Waals surface area contributed by atoms with E-state index in [1.807, 2.05) is 0 Å². The molecule has 0 bridgehead atoms. The number of amides is 1. The molecule has 106 valence electrons. The van der Waals surface area contributed by atoms with E-state index in [-0.39, 0.29) is 24.3 Å². The van der Waals surface area contributed by atoms with E-state index in [1.54, 1.807) is 24.3 Å². The Kier molecular flexibility index (Phi) is 6.36. The Morgan fingerprint density at radius 1 is 1.26 bits per heavy atom. The Morgan fingerprint density at radius 2 is 1.89 bits per heavy atom. The fraction of sp³-hybridized carbons (Fsp3) is 0.533. The van der Waals surface area contributed by atoms with Gasteiger partial charge in [0.05, 0.1) is 12.6 Å². The second kappa shape index (κ2) is 7.79. The standard InChI is InChI=1S/C15H23NO3/c1-11(2)3-8-15(19)16-13(10-17)9-12-4-6-14(18)7-5-12/h4-7,11,13,17-18H,3,8-10H2,1-2H3,(H,16,19)/t13-/m0/s1. The van der Waals surface area contributed by atoms with Crippen LogP contribution in [-0.2, 0) is 11.2 Å². The highest BCUT2D eigenvalue weighted by Crippen LogP contribution is 2.11. The average Bonchev–Trinajstić information content (AvgIpc) is 2.38. The third-order valence-electron chi connectivity index (χ3n) is 2.95. The van der Waals surface area contributed by atoms with Gasteiger partial charge in [-0.3, -0.25) is 4.79 Å². The van der Waals surface area contributed by atoms with Crippen LogP contribution in [0.3, 0.4) is 0 Å². The average molecular weight is 265 g/mol. The summed E-state index contributed by atoms with van der Waals surface area (Å²) in [7, 11) is 0. The van der Waals surface area contributed by atoms with Gasteiger partial charge in [0.2, 0.25) is 5.91 Å². The maximum Gasteiger partial charge on any atom is 0.220 e. The van der Waals surface area contributed by atoms with Gasteiger partial charge in [-0.15, -0.1) is 0 Å². The Bertz CT molecular complexity index is 387. The molecule has 0 unspecified atom stereocenters. The molecule has 1 aromatic rings. The molecule has 0 aliphatic heterocycles. The maximum atomic E-state index is 11.7. The van der Waals surface area contributed by atoms with Crippen LogP contribution in [0.1, 0.15) is 32.3 Å². The summed E-state index contributed by atoms with van der Waals surface area (Å²) in [5.74, 6) is 0.687. The molecule has 4 heteroatoms. The molecule has 19 heavy (non-hydrogen) atoms. The molecular weight excluding hydrogens is 242 g/mol. The fourth-order valence-corrected chi connectivity index (χ4v) is 1.80. The third kappa shape index (κ3) is 6.25. The summed E-state index contributed by atoms with van der Waals surface area (Å²) in [5, 5.41) is 21.3. The molecular formula is C15H23NO3. The summed E-state index contributed by atoms with van der Waals surface area (Å²) in [6.07, 6.45) is 1.90. The van der Waals surface area contributed by atoms with Gasteiger partial charge >= 0.3 is 0 Å². The van der Waals surface area contributed by atoms with Crippen molar-refractivity contribution in [2.75, 3.05) is 6.61 Å². The molecule has 0 saturated heterocycles. The maximum absolute atomic E-state index is 11.7. The first-order valence-electron chi connectivity index (χ1n) is 6.69. The van der Waals surface area contributed by atoms with Crippen LogP contribution in [0.2, 0.25) is 0 Å². The molecule has 0 fully saturated rings. The van der Waals surface area contributed by atoms with Crippen LogP contribution < -0.4 is 5.32 Å². The molecule has 0 aromatic heterocycles. The number of benzene rings is 1. The molecule has 0 radical (unpaired) electrons. The largest absolute Gasteiger partial charge is 0.508 e. The van der Waals surface area contributed by atoms with Crippen LogP contribution in [0, 0.1) is 5.92 Å². The molecule has 0 spiro atoms. The molecule has 4 nitrogen and oxygen atoms in total. The molecule has 3 N–H and O–H groups in total. The van der Waals surface area contributed by atoms with Gasteiger partial charge in [-0.05, 0) is 36.5 Å². The quantitative estimate of drug-likeness (QED) is 0.704. The Labute approximate surface area is 114 Å². The number of aromatic hydroxyl groups is 1. The van der Waals surface area contributed by atoms with Crippen molar-refractivity contribution < 1.29 is 15.0 Å². The van der Waals surface area contributed by atoms with Gasteiger partial charge in [-0.1, -0.05) is 26.0 Å². The van der Waals surface area contributed by atoms with Crippen molar-refractivity contribution in [2.45, 2.75) is 39.2 Å². The lowest BCUT2D eigenvalue weighted by atomic mass is 10.0. The van der Waals surface area contributed by atoms with E-state index >= 15 is 0 Å². The van der Waals surface area contributed by atoms with E-state index in [1.165, 1.54) is 0 Å². The van der Waals surface area contributed by atoms with Crippen molar-refractivity contribution >= 4 is 5.91 Å². The second-order valence-electron chi connectivity index (χ2n) is 5.25. The number of rotatable bonds is 7. The lowest BCUT2D eigenvalue weighted by molar-refractivity contribution is -0.122. The molecule has 1 atom stereocenters. The van der Waals surface area contributed by atoms with E-state index in [0.29, 0.717) is 18.8 Å². The zero-order valence-electron chi connectivity index (χ0n) is 11.6. The number of aliphatic hydroxyl groups is 1. The van der Waals surface area contributed by atoms with E-state index in [2.05, 4.69) is 19.2 Å². The first-order valence-corrected chi connectivity index (χ1v) is 6.69. The van der Waals surface area contributed by atoms with Crippen LogP contribution in [0.4, 0.5) is 0 Å². The highest BCUT2D eigenvalue weighted by Gasteiger charge is 2.12.